The van der Waals surface area contributed by atoms with Crippen LogP contribution in [0.2, 0.25) is 5.02 Å². The normalized spacial score (nSPS) is 15.9. The zero-order valence-electron chi connectivity index (χ0n) is 13.4. The van der Waals surface area contributed by atoms with E-state index in [2.05, 4.69) is 0 Å². The highest BCUT2D eigenvalue weighted by atomic mass is 35.5. The van der Waals surface area contributed by atoms with Crippen molar-refractivity contribution in [2.75, 3.05) is 4.90 Å². The zero-order valence-corrected chi connectivity index (χ0v) is 15.8. The van der Waals surface area contributed by atoms with Crippen molar-refractivity contribution in [1.29, 1.82) is 0 Å². The van der Waals surface area contributed by atoms with E-state index >= 15 is 0 Å². The van der Waals surface area contributed by atoms with Gasteiger partial charge in [-0.25, -0.2) is 0 Å². The van der Waals surface area contributed by atoms with Crippen LogP contribution in [0.3, 0.4) is 0 Å². The minimum absolute atomic E-state index is 0.143. The van der Waals surface area contributed by atoms with E-state index in [0.29, 0.717) is 25.8 Å². The lowest BCUT2D eigenvalue weighted by atomic mass is 10.2. The number of hydrogen-bond acceptors (Lipinski definition) is 4. The molecule has 128 valence electrons. The van der Waals surface area contributed by atoms with Crippen LogP contribution in [0.5, 0.6) is 0 Å². The molecule has 0 unspecified atom stereocenters. The molecule has 2 aromatic carbocycles. The van der Waals surface area contributed by atoms with E-state index < -0.39 is 0 Å². The largest absolute Gasteiger partial charge is 0.457 e. The quantitative estimate of drug-likeness (QED) is 0.400. The van der Waals surface area contributed by atoms with E-state index in [1.54, 1.807) is 6.08 Å². The van der Waals surface area contributed by atoms with E-state index in [4.69, 9.17) is 28.2 Å². The van der Waals surface area contributed by atoms with Crippen LogP contribution >= 0.6 is 35.6 Å². The number of carbonyl (C=O) groups excluding carboxylic acids is 1. The second-order valence-electron chi connectivity index (χ2n) is 5.56. The zero-order chi connectivity index (χ0) is 18.1. The highest BCUT2D eigenvalue weighted by Crippen LogP contribution is 2.36. The summed E-state index contributed by atoms with van der Waals surface area (Å²) >= 11 is 12.6. The van der Waals surface area contributed by atoms with Gasteiger partial charge in [0.25, 0.3) is 5.91 Å². The number of halogens is 1. The first-order chi connectivity index (χ1) is 12.6. The van der Waals surface area contributed by atoms with Crippen molar-refractivity contribution in [2.24, 2.45) is 0 Å². The molecule has 4 rings (SSSR count). The fourth-order valence-corrected chi connectivity index (χ4v) is 4.00. The first-order valence-electron chi connectivity index (χ1n) is 7.80. The Kier molecular flexibility index (Phi) is 4.68. The smallest absolute Gasteiger partial charge is 0.270 e. The molecule has 0 bridgehead atoms. The van der Waals surface area contributed by atoms with Crippen molar-refractivity contribution in [3.63, 3.8) is 0 Å². The monoisotopic (exact) mass is 397 g/mol. The van der Waals surface area contributed by atoms with Crippen molar-refractivity contribution in [3.8, 4) is 11.3 Å². The minimum atomic E-state index is -0.143. The fourth-order valence-electron chi connectivity index (χ4n) is 2.60. The number of furan rings is 1. The van der Waals surface area contributed by atoms with E-state index in [1.165, 1.54) is 16.7 Å². The predicted molar refractivity (Wildman–Crippen MR) is 111 cm³/mol. The van der Waals surface area contributed by atoms with Crippen LogP contribution in [0.4, 0.5) is 5.69 Å². The SMILES string of the molecule is O=C1C(=Cc2ccc(-c3ccc(Cl)cc3)o2)SC(=S)N1c1ccccc1. The minimum Gasteiger partial charge on any atom is -0.457 e. The lowest BCUT2D eigenvalue weighted by Crippen LogP contribution is -2.27. The number of anilines is 1. The van der Waals surface area contributed by atoms with Crippen LogP contribution in [0.25, 0.3) is 17.4 Å². The van der Waals surface area contributed by atoms with Gasteiger partial charge in [-0.15, -0.1) is 0 Å². The molecule has 6 heteroatoms. The average Bonchev–Trinajstić information content (AvgIpc) is 3.21. The summed E-state index contributed by atoms with van der Waals surface area (Å²) in [5.41, 5.74) is 1.69. The number of carbonyl (C=O) groups is 1. The van der Waals surface area contributed by atoms with Crippen LogP contribution in [-0.4, -0.2) is 10.2 Å². The van der Waals surface area contributed by atoms with Crippen LogP contribution in [-0.2, 0) is 4.79 Å². The van der Waals surface area contributed by atoms with Gasteiger partial charge in [0.1, 0.15) is 11.5 Å². The lowest BCUT2D eigenvalue weighted by Gasteiger charge is -2.13. The standard InChI is InChI=1S/C20H12ClNO2S2/c21-14-8-6-13(7-9-14)17-11-10-16(24-17)12-18-19(23)22(20(25)26-18)15-4-2-1-3-5-15/h1-12H. The molecule has 1 aliphatic rings. The Labute approximate surface area is 165 Å². The van der Waals surface area contributed by atoms with Gasteiger partial charge in [0.15, 0.2) is 4.32 Å². The maximum Gasteiger partial charge on any atom is 0.270 e. The number of para-hydroxylation sites is 1. The van der Waals surface area contributed by atoms with Gasteiger partial charge in [-0.3, -0.25) is 9.69 Å². The summed E-state index contributed by atoms with van der Waals surface area (Å²) in [6.45, 7) is 0. The molecule has 1 aliphatic heterocycles. The Morgan fingerprint density at radius 2 is 1.73 bits per heavy atom. The maximum atomic E-state index is 12.7. The van der Waals surface area contributed by atoms with Gasteiger partial charge in [-0.2, -0.15) is 0 Å². The first kappa shape index (κ1) is 17.1. The van der Waals surface area contributed by atoms with Gasteiger partial charge in [0.2, 0.25) is 0 Å². The third kappa shape index (κ3) is 3.33. The third-order valence-electron chi connectivity index (χ3n) is 3.84. The topological polar surface area (TPSA) is 33.5 Å². The molecule has 0 N–H and O–H groups in total. The Morgan fingerprint density at radius 3 is 2.46 bits per heavy atom. The highest BCUT2D eigenvalue weighted by molar-refractivity contribution is 8.27. The summed E-state index contributed by atoms with van der Waals surface area (Å²) < 4.78 is 6.36. The number of thiocarbonyl (C=S) groups is 1. The maximum absolute atomic E-state index is 12.7. The van der Waals surface area contributed by atoms with E-state index in [0.717, 1.165) is 11.3 Å². The van der Waals surface area contributed by atoms with Crippen LogP contribution in [0.15, 0.2) is 76.1 Å². The van der Waals surface area contributed by atoms with Gasteiger partial charge in [0, 0.05) is 16.7 Å². The Hall–Kier alpha value is -2.34. The molecule has 2 heterocycles. The van der Waals surface area contributed by atoms with Crippen LogP contribution < -0.4 is 4.90 Å². The highest BCUT2D eigenvalue weighted by Gasteiger charge is 2.33. The number of nitrogens with zero attached hydrogens (tertiary/aromatic N) is 1. The molecule has 3 nitrogen and oxygen atoms in total. The number of amides is 1. The number of benzene rings is 2. The van der Waals surface area contributed by atoms with Gasteiger partial charge in [-0.05, 0) is 48.5 Å². The lowest BCUT2D eigenvalue weighted by molar-refractivity contribution is -0.113. The molecule has 1 amide bonds. The van der Waals surface area contributed by atoms with Crippen LogP contribution in [0, 0.1) is 0 Å². The molecule has 0 spiro atoms. The molecule has 1 fully saturated rings. The number of thioether (sulfide) groups is 1. The molecule has 26 heavy (non-hydrogen) atoms. The third-order valence-corrected chi connectivity index (χ3v) is 5.39. The van der Waals surface area contributed by atoms with Crippen molar-refractivity contribution in [3.05, 3.63) is 82.4 Å². The van der Waals surface area contributed by atoms with Crippen LogP contribution in [0.1, 0.15) is 5.76 Å². The van der Waals surface area contributed by atoms with Crippen molar-refractivity contribution in [1.82, 2.24) is 0 Å². The molecular formula is C20H12ClNO2S2. The second kappa shape index (κ2) is 7.11. The molecule has 0 radical (unpaired) electrons. The Morgan fingerprint density at radius 1 is 1.00 bits per heavy atom. The molecule has 0 saturated carbocycles. The molecule has 0 atom stereocenters. The Balaban J connectivity index is 1.60. The van der Waals surface area contributed by atoms with Gasteiger partial charge < -0.3 is 4.42 Å². The predicted octanol–water partition coefficient (Wildman–Crippen LogP) is 6.01. The molecule has 1 aromatic heterocycles. The van der Waals surface area contributed by atoms with Crippen molar-refractivity contribution >= 4 is 57.6 Å². The summed E-state index contributed by atoms with van der Waals surface area (Å²) in [7, 11) is 0. The van der Waals surface area contributed by atoms with Crippen molar-refractivity contribution in [2.45, 2.75) is 0 Å². The summed E-state index contributed by atoms with van der Waals surface area (Å²) in [5.74, 6) is 1.17. The fraction of sp³-hybridized carbons (Fsp3) is 0. The summed E-state index contributed by atoms with van der Waals surface area (Å²) in [5, 5.41) is 0.671. The van der Waals surface area contributed by atoms with E-state index in [1.807, 2.05) is 66.7 Å². The van der Waals surface area contributed by atoms with Crippen molar-refractivity contribution < 1.29 is 9.21 Å². The number of rotatable bonds is 3. The average molecular weight is 398 g/mol. The number of hydrogen-bond donors (Lipinski definition) is 0. The molecular weight excluding hydrogens is 386 g/mol. The van der Waals surface area contributed by atoms with Gasteiger partial charge in [0.05, 0.1) is 10.6 Å². The van der Waals surface area contributed by atoms with E-state index in [-0.39, 0.29) is 5.91 Å². The Bertz CT molecular complexity index is 1010. The van der Waals surface area contributed by atoms with Gasteiger partial charge in [-0.1, -0.05) is 53.8 Å². The summed E-state index contributed by atoms with van der Waals surface area (Å²) in [6.07, 6.45) is 1.72. The second-order valence-corrected chi connectivity index (χ2v) is 7.67. The van der Waals surface area contributed by atoms with Gasteiger partial charge >= 0.3 is 0 Å². The summed E-state index contributed by atoms with van der Waals surface area (Å²) in [4.78, 5) is 14.8. The van der Waals surface area contributed by atoms with E-state index in [9.17, 15) is 4.79 Å². The molecule has 3 aromatic rings. The molecule has 1 saturated heterocycles. The first-order valence-corrected chi connectivity index (χ1v) is 9.41. The molecule has 0 aliphatic carbocycles. The summed E-state index contributed by atoms with van der Waals surface area (Å²) in [6, 6.07) is 20.5.